The Hall–Kier alpha value is -5.02. The Morgan fingerprint density at radius 1 is 0.911 bits per heavy atom. The Morgan fingerprint density at radius 3 is 2.29 bits per heavy atom. The third-order valence-electron chi connectivity index (χ3n) is 8.28. The first-order valence-corrected chi connectivity index (χ1v) is 15.2. The van der Waals surface area contributed by atoms with Crippen LogP contribution in [0.15, 0.2) is 79.1 Å². The lowest BCUT2D eigenvalue weighted by molar-refractivity contribution is 0.0303. The number of carbonyl (C=O) groups is 2. The van der Waals surface area contributed by atoms with Gasteiger partial charge in [0, 0.05) is 48.2 Å². The van der Waals surface area contributed by atoms with Crippen LogP contribution >= 0.6 is 0 Å². The third kappa shape index (κ3) is 6.30. The third-order valence-corrected chi connectivity index (χ3v) is 8.28. The molecule has 1 aliphatic rings. The average molecular weight is 603 g/mol. The molecule has 0 spiro atoms. The van der Waals surface area contributed by atoms with Crippen LogP contribution in [0.4, 0.5) is 17.2 Å². The summed E-state index contributed by atoms with van der Waals surface area (Å²) in [5.74, 6) is 0.438. The van der Waals surface area contributed by atoms with E-state index in [1.54, 1.807) is 6.33 Å². The van der Waals surface area contributed by atoms with E-state index < -0.39 is 0 Å². The molecule has 1 fully saturated rings. The number of pyridine rings is 1. The van der Waals surface area contributed by atoms with Crippen LogP contribution < -0.4 is 10.6 Å². The number of aromatic nitrogens is 3. The van der Waals surface area contributed by atoms with Crippen molar-refractivity contribution in [3.8, 4) is 11.3 Å². The second-order valence-electron chi connectivity index (χ2n) is 12.4. The molecule has 2 aromatic heterocycles. The number of nitrogens with zero attached hydrogens (tertiary/aromatic N) is 4. The highest BCUT2D eigenvalue weighted by molar-refractivity contribution is 6.05. The van der Waals surface area contributed by atoms with E-state index in [1.807, 2.05) is 96.2 Å². The van der Waals surface area contributed by atoms with Crippen molar-refractivity contribution >= 4 is 40.0 Å². The normalized spacial score (nSPS) is 13.6. The molecule has 3 aromatic carbocycles. The van der Waals surface area contributed by atoms with Gasteiger partial charge in [-0.05, 0) is 72.0 Å². The second kappa shape index (κ2) is 12.2. The fourth-order valence-corrected chi connectivity index (χ4v) is 5.50. The van der Waals surface area contributed by atoms with Crippen LogP contribution in [0, 0.1) is 6.92 Å². The molecule has 9 nitrogen and oxygen atoms in total. The van der Waals surface area contributed by atoms with Crippen molar-refractivity contribution in [2.75, 3.05) is 36.9 Å². The second-order valence-corrected chi connectivity index (χ2v) is 12.4. The molecule has 0 atom stereocenters. The highest BCUT2D eigenvalue weighted by atomic mass is 16.5. The van der Waals surface area contributed by atoms with Crippen molar-refractivity contribution < 1.29 is 14.3 Å². The van der Waals surface area contributed by atoms with Crippen LogP contribution in [0.5, 0.6) is 0 Å². The van der Waals surface area contributed by atoms with Gasteiger partial charge in [-0.25, -0.2) is 9.97 Å². The minimum absolute atomic E-state index is 0.00135. The molecule has 0 unspecified atom stereocenters. The lowest BCUT2D eigenvalue weighted by Crippen LogP contribution is -2.40. The van der Waals surface area contributed by atoms with Crippen molar-refractivity contribution in [2.45, 2.75) is 33.1 Å². The Morgan fingerprint density at radius 2 is 1.60 bits per heavy atom. The molecule has 9 heteroatoms. The van der Waals surface area contributed by atoms with Gasteiger partial charge in [-0.3, -0.25) is 9.59 Å². The van der Waals surface area contributed by atoms with Crippen LogP contribution in [0.3, 0.4) is 0 Å². The minimum atomic E-state index is -0.163. The Kier molecular flexibility index (Phi) is 8.12. The van der Waals surface area contributed by atoms with E-state index in [-0.39, 0.29) is 17.2 Å². The van der Waals surface area contributed by atoms with Crippen molar-refractivity contribution in [3.63, 3.8) is 0 Å². The first-order chi connectivity index (χ1) is 21.6. The van der Waals surface area contributed by atoms with Crippen LogP contribution in [-0.4, -0.2) is 57.6 Å². The highest BCUT2D eigenvalue weighted by Gasteiger charge is 2.20. The van der Waals surface area contributed by atoms with Crippen LogP contribution in [0.25, 0.3) is 22.3 Å². The van der Waals surface area contributed by atoms with Crippen molar-refractivity contribution in [1.29, 1.82) is 0 Å². The van der Waals surface area contributed by atoms with Gasteiger partial charge in [-0.15, -0.1) is 0 Å². The number of amides is 2. The molecule has 2 amide bonds. The maximum absolute atomic E-state index is 13.2. The van der Waals surface area contributed by atoms with Gasteiger partial charge in [0.15, 0.2) is 5.82 Å². The standard InChI is InChI=1S/C36H38N6O3/c1-23-28(7-6-8-29(23)40-34(43)24-9-13-26(14-10-24)36(2,3)4)30-21-31-32(37-22-41(31)5)33(39-30)38-27-15-11-25(12-16-27)35(44)42-17-19-45-20-18-42/h6-16,21-22H,17-20H2,1-5H3,(H,38,39)(H,40,43). The van der Waals surface area contributed by atoms with Gasteiger partial charge in [0.1, 0.15) is 5.52 Å². The van der Waals surface area contributed by atoms with Crippen LogP contribution in [0.2, 0.25) is 0 Å². The number of benzene rings is 3. The minimum Gasteiger partial charge on any atom is -0.378 e. The molecule has 0 aliphatic carbocycles. The lowest BCUT2D eigenvalue weighted by Gasteiger charge is -2.26. The molecule has 0 bridgehead atoms. The summed E-state index contributed by atoms with van der Waals surface area (Å²) < 4.78 is 7.33. The Bertz CT molecular complexity index is 1860. The SMILES string of the molecule is Cc1c(NC(=O)c2ccc(C(C)(C)C)cc2)cccc1-c1cc2c(ncn2C)c(Nc2ccc(C(=O)N3CCOCC3)cc2)n1. The zero-order valence-corrected chi connectivity index (χ0v) is 26.3. The summed E-state index contributed by atoms with van der Waals surface area (Å²) >= 11 is 0. The van der Waals surface area contributed by atoms with Gasteiger partial charge < -0.3 is 24.8 Å². The Balaban J connectivity index is 1.27. The number of ether oxygens (including phenoxy) is 1. The fourth-order valence-electron chi connectivity index (χ4n) is 5.50. The summed E-state index contributed by atoms with van der Waals surface area (Å²) in [5, 5.41) is 6.51. The topological polar surface area (TPSA) is 101 Å². The number of morpholine rings is 1. The van der Waals surface area contributed by atoms with Crippen molar-refractivity contribution in [3.05, 3.63) is 101 Å². The summed E-state index contributed by atoms with van der Waals surface area (Å²) in [6.45, 7) is 10.8. The summed E-state index contributed by atoms with van der Waals surface area (Å²) in [4.78, 5) is 37.5. The van der Waals surface area contributed by atoms with E-state index in [0.29, 0.717) is 43.2 Å². The molecular weight excluding hydrogens is 564 g/mol. The molecule has 3 heterocycles. The van der Waals surface area contributed by atoms with E-state index in [2.05, 4.69) is 36.4 Å². The predicted molar refractivity (Wildman–Crippen MR) is 178 cm³/mol. The number of carbonyl (C=O) groups excluding carboxylic acids is 2. The summed E-state index contributed by atoms with van der Waals surface area (Å²) in [6.07, 6.45) is 1.76. The maximum atomic E-state index is 13.2. The molecule has 0 saturated carbocycles. The largest absolute Gasteiger partial charge is 0.378 e. The zero-order chi connectivity index (χ0) is 31.7. The lowest BCUT2D eigenvalue weighted by atomic mass is 9.86. The number of aryl methyl sites for hydroxylation is 1. The molecule has 1 saturated heterocycles. The van der Waals surface area contributed by atoms with Gasteiger partial charge >= 0.3 is 0 Å². The summed E-state index contributed by atoms with van der Waals surface area (Å²) in [7, 11) is 1.95. The predicted octanol–water partition coefficient (Wildman–Crippen LogP) is 6.71. The van der Waals surface area contributed by atoms with E-state index in [9.17, 15) is 9.59 Å². The molecule has 6 rings (SSSR count). The maximum Gasteiger partial charge on any atom is 0.255 e. The first kappa shape index (κ1) is 30.0. The van der Waals surface area contributed by atoms with Gasteiger partial charge in [-0.1, -0.05) is 45.0 Å². The van der Waals surface area contributed by atoms with Gasteiger partial charge in [0.05, 0.1) is 30.8 Å². The van der Waals surface area contributed by atoms with Crippen molar-refractivity contribution in [2.24, 2.45) is 7.05 Å². The number of anilines is 3. The summed E-state index contributed by atoms with van der Waals surface area (Å²) in [5.41, 5.74) is 8.13. The highest BCUT2D eigenvalue weighted by Crippen LogP contribution is 2.33. The molecule has 45 heavy (non-hydrogen) atoms. The summed E-state index contributed by atoms with van der Waals surface area (Å²) in [6, 6.07) is 23.0. The molecule has 5 aromatic rings. The zero-order valence-electron chi connectivity index (χ0n) is 26.3. The van der Waals surface area contributed by atoms with Crippen LogP contribution in [0.1, 0.15) is 52.6 Å². The van der Waals surface area contributed by atoms with E-state index >= 15 is 0 Å². The van der Waals surface area contributed by atoms with E-state index in [1.165, 1.54) is 5.56 Å². The van der Waals surface area contributed by atoms with E-state index in [0.717, 1.165) is 39.2 Å². The monoisotopic (exact) mass is 602 g/mol. The molecule has 2 N–H and O–H groups in total. The number of fused-ring (bicyclic) bond motifs is 1. The van der Waals surface area contributed by atoms with Crippen molar-refractivity contribution in [1.82, 2.24) is 19.4 Å². The molecule has 230 valence electrons. The number of nitrogens with one attached hydrogen (secondary N) is 2. The fraction of sp³-hybridized carbons (Fsp3) is 0.278. The first-order valence-electron chi connectivity index (χ1n) is 15.2. The number of hydrogen-bond donors (Lipinski definition) is 2. The van der Waals surface area contributed by atoms with Gasteiger partial charge in [0.2, 0.25) is 0 Å². The average Bonchev–Trinajstić information content (AvgIpc) is 3.42. The quantitative estimate of drug-likeness (QED) is 0.224. The molecular formula is C36H38N6O3. The number of hydrogen-bond acceptors (Lipinski definition) is 6. The van der Waals surface area contributed by atoms with Gasteiger partial charge in [0.25, 0.3) is 11.8 Å². The number of rotatable bonds is 6. The number of imidazole rings is 1. The Labute approximate surface area is 263 Å². The van der Waals surface area contributed by atoms with E-state index in [4.69, 9.17) is 9.72 Å². The van der Waals surface area contributed by atoms with Gasteiger partial charge in [-0.2, -0.15) is 0 Å². The van der Waals surface area contributed by atoms with Crippen LogP contribution in [-0.2, 0) is 17.2 Å². The molecule has 1 aliphatic heterocycles. The smallest absolute Gasteiger partial charge is 0.255 e. The molecule has 0 radical (unpaired) electrons.